The second-order valence-electron chi connectivity index (χ2n) is 7.44. The van der Waals surface area contributed by atoms with Gasteiger partial charge in [0.05, 0.1) is 12.6 Å². The number of halogens is 1. The van der Waals surface area contributed by atoms with Crippen LogP contribution in [0.1, 0.15) is 30.5 Å². The Kier molecular flexibility index (Phi) is 8.13. The number of aliphatic hydroxyl groups is 3. The van der Waals surface area contributed by atoms with E-state index >= 15 is 0 Å². The molecule has 0 amide bonds. The van der Waals surface area contributed by atoms with E-state index in [1.54, 1.807) is 42.0 Å². The first kappa shape index (κ1) is 23.6. The molecule has 0 bridgehead atoms. The molecule has 7 nitrogen and oxygen atoms in total. The summed E-state index contributed by atoms with van der Waals surface area (Å²) in [7, 11) is 0. The largest absolute Gasteiger partial charge is 0.491 e. The number of rotatable bonds is 10. The summed E-state index contributed by atoms with van der Waals surface area (Å²) < 4.78 is 21.9. The van der Waals surface area contributed by atoms with Gasteiger partial charge in [-0.15, -0.1) is 0 Å². The fourth-order valence-corrected chi connectivity index (χ4v) is 3.24. The molecule has 0 aliphatic heterocycles. The topological polar surface area (TPSA) is 114 Å². The second kappa shape index (κ2) is 11.0. The van der Waals surface area contributed by atoms with E-state index in [1.165, 1.54) is 12.3 Å². The zero-order chi connectivity index (χ0) is 23.1. The molecule has 0 radical (unpaired) electrons. The summed E-state index contributed by atoms with van der Waals surface area (Å²) in [6.45, 7) is 1.49. The molecule has 0 spiro atoms. The molecule has 32 heavy (non-hydrogen) atoms. The van der Waals surface area contributed by atoms with E-state index in [0.29, 0.717) is 17.1 Å². The lowest BCUT2D eigenvalue weighted by Crippen LogP contribution is -2.26. The summed E-state index contributed by atoms with van der Waals surface area (Å²) in [6, 6.07) is 13.6. The molecule has 1 heterocycles. The summed E-state index contributed by atoms with van der Waals surface area (Å²) >= 11 is 0. The van der Waals surface area contributed by atoms with Crippen molar-refractivity contribution >= 4 is 5.83 Å². The highest BCUT2D eigenvalue weighted by molar-refractivity contribution is 5.68. The lowest BCUT2D eigenvalue weighted by Gasteiger charge is -2.17. The van der Waals surface area contributed by atoms with Gasteiger partial charge in [-0.3, -0.25) is 0 Å². The molecule has 3 aromatic rings. The number of nitrogens with two attached hydrogens (primary N) is 1. The maximum absolute atomic E-state index is 14.9. The highest BCUT2D eigenvalue weighted by atomic mass is 19.1. The summed E-state index contributed by atoms with van der Waals surface area (Å²) in [6.07, 6.45) is 2.87. The zero-order valence-electron chi connectivity index (χ0n) is 17.8. The fraction of sp³-hybridized carbons (Fsp3) is 0.292. The maximum atomic E-state index is 14.9. The molecule has 0 fully saturated rings. The third-order valence-electron chi connectivity index (χ3n) is 5.02. The molecule has 2 aromatic carbocycles. The van der Waals surface area contributed by atoms with Crippen molar-refractivity contribution < 1.29 is 24.4 Å². The molecule has 1 aromatic heterocycles. The predicted molar refractivity (Wildman–Crippen MR) is 121 cm³/mol. The van der Waals surface area contributed by atoms with Crippen LogP contribution < -0.4 is 10.5 Å². The van der Waals surface area contributed by atoms with Crippen LogP contribution in [-0.4, -0.2) is 50.7 Å². The number of aliphatic hydroxyl groups excluding tert-OH is 3. The first-order valence-electron chi connectivity index (χ1n) is 10.3. The first-order chi connectivity index (χ1) is 15.4. The lowest BCUT2D eigenvalue weighted by molar-refractivity contribution is 0.114. The molecule has 5 N–H and O–H groups in total. The molecular weight excluding hydrogens is 413 g/mol. The van der Waals surface area contributed by atoms with Gasteiger partial charge in [0.2, 0.25) is 0 Å². The minimum atomic E-state index is -0.836. The molecule has 0 aliphatic rings. The molecule has 170 valence electrons. The van der Waals surface area contributed by atoms with Gasteiger partial charge in [0.1, 0.15) is 36.2 Å². The summed E-state index contributed by atoms with van der Waals surface area (Å²) in [5, 5.41) is 29.0. The van der Waals surface area contributed by atoms with Crippen LogP contribution in [0.5, 0.6) is 5.75 Å². The zero-order valence-corrected chi connectivity index (χ0v) is 17.8. The molecule has 0 saturated heterocycles. The molecule has 3 atom stereocenters. The van der Waals surface area contributed by atoms with Crippen LogP contribution in [0.15, 0.2) is 67.0 Å². The van der Waals surface area contributed by atoms with Gasteiger partial charge < -0.3 is 30.4 Å². The minimum absolute atomic E-state index is 0.128. The third kappa shape index (κ3) is 5.80. The lowest BCUT2D eigenvalue weighted by atomic mass is 10.0. The molecular formula is C24H28FN3O4. The quantitative estimate of drug-likeness (QED) is 0.385. The second-order valence-corrected chi connectivity index (χ2v) is 7.44. The number of aromatic nitrogens is 2. The van der Waals surface area contributed by atoms with E-state index in [4.69, 9.17) is 10.5 Å². The first-order valence-corrected chi connectivity index (χ1v) is 10.3. The van der Waals surface area contributed by atoms with Crippen LogP contribution >= 0.6 is 0 Å². The van der Waals surface area contributed by atoms with Gasteiger partial charge in [-0.2, -0.15) is 0 Å². The van der Waals surface area contributed by atoms with Crippen molar-refractivity contribution in [2.24, 2.45) is 5.73 Å². The van der Waals surface area contributed by atoms with Gasteiger partial charge in [-0.05, 0) is 36.3 Å². The Morgan fingerprint density at radius 1 is 1.12 bits per heavy atom. The van der Waals surface area contributed by atoms with Crippen molar-refractivity contribution in [2.75, 3.05) is 19.8 Å². The van der Waals surface area contributed by atoms with Crippen LogP contribution in [0.3, 0.4) is 0 Å². The van der Waals surface area contributed by atoms with Crippen LogP contribution in [-0.2, 0) is 0 Å². The van der Waals surface area contributed by atoms with Crippen molar-refractivity contribution in [3.05, 3.63) is 78.4 Å². The number of imidazole rings is 1. The van der Waals surface area contributed by atoms with Gasteiger partial charge in [0.25, 0.3) is 0 Å². The van der Waals surface area contributed by atoms with E-state index in [9.17, 15) is 19.7 Å². The van der Waals surface area contributed by atoms with Gasteiger partial charge in [-0.1, -0.05) is 36.4 Å². The predicted octanol–water partition coefficient (Wildman–Crippen LogP) is 2.85. The molecule has 8 heteroatoms. The Labute approximate surface area is 186 Å². The molecule has 1 unspecified atom stereocenters. The average molecular weight is 442 g/mol. The van der Waals surface area contributed by atoms with E-state index in [1.807, 2.05) is 24.3 Å². The van der Waals surface area contributed by atoms with Crippen LogP contribution in [0.4, 0.5) is 4.39 Å². The molecule has 3 rings (SSSR count). The number of hydrogen-bond donors (Lipinski definition) is 4. The Balaban J connectivity index is 1.72. The highest BCUT2D eigenvalue weighted by Crippen LogP contribution is 2.27. The third-order valence-corrected chi connectivity index (χ3v) is 5.02. The van der Waals surface area contributed by atoms with E-state index < -0.39 is 24.1 Å². The van der Waals surface area contributed by atoms with Crippen molar-refractivity contribution in [3.8, 4) is 16.9 Å². The number of benzene rings is 2. The van der Waals surface area contributed by atoms with Crippen molar-refractivity contribution in [1.82, 2.24) is 9.55 Å². The normalized spacial score (nSPS) is 14.8. The van der Waals surface area contributed by atoms with E-state index in [2.05, 4.69) is 4.98 Å². The van der Waals surface area contributed by atoms with E-state index in [-0.39, 0.29) is 19.8 Å². The highest BCUT2D eigenvalue weighted by Gasteiger charge is 2.16. The minimum Gasteiger partial charge on any atom is -0.491 e. The van der Waals surface area contributed by atoms with Gasteiger partial charge >= 0.3 is 0 Å². The standard InChI is InChI=1S/C24H28FN3O4/c1-16(30)24-27-10-11-28(24)20(14-29)12-23(25)19-4-2-17(3-5-19)18-6-8-22(9-7-18)32-15-21(31)13-26/h2-12,16,20-21,29-31H,13-15,26H2,1H3/b23-12-/t16-,20-,21?/m0/s1. The Hall–Kier alpha value is -3.04. The van der Waals surface area contributed by atoms with Crippen LogP contribution in [0.25, 0.3) is 17.0 Å². The summed E-state index contributed by atoms with van der Waals surface area (Å²) in [5.74, 6) is 0.495. The maximum Gasteiger partial charge on any atom is 0.137 e. The Bertz CT molecular complexity index is 1020. The van der Waals surface area contributed by atoms with E-state index in [0.717, 1.165) is 11.1 Å². The number of ether oxygens (including phenoxy) is 1. The number of nitrogens with zero attached hydrogens (tertiary/aromatic N) is 2. The van der Waals surface area contributed by atoms with Crippen LogP contribution in [0, 0.1) is 0 Å². The van der Waals surface area contributed by atoms with Crippen molar-refractivity contribution in [3.63, 3.8) is 0 Å². The molecule has 0 aliphatic carbocycles. The Morgan fingerprint density at radius 2 is 1.75 bits per heavy atom. The molecule has 0 saturated carbocycles. The average Bonchev–Trinajstić information content (AvgIpc) is 3.31. The number of hydrogen-bond acceptors (Lipinski definition) is 6. The monoisotopic (exact) mass is 441 g/mol. The Morgan fingerprint density at radius 3 is 2.31 bits per heavy atom. The van der Waals surface area contributed by atoms with Gasteiger partial charge in [0, 0.05) is 24.5 Å². The smallest absolute Gasteiger partial charge is 0.137 e. The van der Waals surface area contributed by atoms with Gasteiger partial charge in [0.15, 0.2) is 0 Å². The van der Waals surface area contributed by atoms with Crippen molar-refractivity contribution in [2.45, 2.75) is 25.2 Å². The SMILES string of the molecule is C[C@H](O)c1nccn1[C@@H](/C=C(\F)c1ccc(-c2ccc(OCC(O)CN)cc2)cc1)CO. The summed E-state index contributed by atoms with van der Waals surface area (Å²) in [5.41, 5.74) is 7.57. The van der Waals surface area contributed by atoms with Crippen molar-refractivity contribution in [1.29, 1.82) is 0 Å². The van der Waals surface area contributed by atoms with Crippen LogP contribution in [0.2, 0.25) is 0 Å². The fourth-order valence-electron chi connectivity index (χ4n) is 3.24. The van der Waals surface area contributed by atoms with Gasteiger partial charge in [-0.25, -0.2) is 9.37 Å². The summed E-state index contributed by atoms with van der Waals surface area (Å²) in [4.78, 5) is 4.06.